The van der Waals surface area contributed by atoms with Crippen molar-refractivity contribution in [2.75, 3.05) is 47.5 Å². The second-order valence-electron chi connectivity index (χ2n) is 24.1. The Morgan fingerprint density at radius 2 is 0.607 bits per heavy atom. The van der Waals surface area contributed by atoms with E-state index in [0.717, 1.165) is 148 Å². The lowest BCUT2D eigenvalue weighted by Crippen LogP contribution is -2.40. The number of hydrogen-bond acceptors (Lipinski definition) is 7. The van der Waals surface area contributed by atoms with Crippen LogP contribution in [0.3, 0.4) is 0 Å². The van der Waals surface area contributed by atoms with E-state index in [9.17, 15) is 19.5 Å². The Balaban J connectivity index is 4.20. The first kappa shape index (κ1) is 83.7. The van der Waals surface area contributed by atoms with Gasteiger partial charge in [0.1, 0.15) is 13.2 Å². The molecule has 502 valence electrons. The standard InChI is InChI=1S/C80H129NO8/c1-6-8-10-12-14-16-18-20-22-24-26-28-30-32-34-36-38-39-41-42-44-46-48-50-52-54-56-58-60-62-64-66-68-70-77(82)87-74-76(75-88-80(79(84)85)86-73-72-81(3,4)5)89-78(83)71-69-67-65-63-61-59-57-55-53-51-49-47-45-43-40-37-35-33-31-29-27-25-23-21-19-17-15-13-11-9-7-2/h8-11,14-17,20-23,26-29,32-35,38-40,43,47,49,53,55,76,80H,6-7,12-13,18-19,24-25,30-31,36-37,41-42,44-46,48,50-52,54,56-75H2,1-5H3/p+1/b10-8-,11-9-,16-14-,17-15-,22-20-,23-21-,28-26-,29-27-,34-32-,35-33-,39-38-,43-40-,49-47-,55-53-. The van der Waals surface area contributed by atoms with Gasteiger partial charge in [-0.25, -0.2) is 4.79 Å². The number of rotatable bonds is 63. The molecule has 0 aliphatic carbocycles. The summed E-state index contributed by atoms with van der Waals surface area (Å²) in [5, 5.41) is 9.75. The maximum Gasteiger partial charge on any atom is 0.361 e. The van der Waals surface area contributed by atoms with E-state index in [2.05, 4.69) is 184 Å². The number of unbranched alkanes of at least 4 members (excludes halogenated alkanes) is 20. The number of nitrogens with zero attached hydrogens (tertiary/aromatic N) is 1. The van der Waals surface area contributed by atoms with E-state index in [1.54, 1.807) is 0 Å². The van der Waals surface area contributed by atoms with E-state index in [-0.39, 0.29) is 38.6 Å². The zero-order valence-corrected chi connectivity index (χ0v) is 57.3. The summed E-state index contributed by atoms with van der Waals surface area (Å²) >= 11 is 0. The molecule has 0 bridgehead atoms. The van der Waals surface area contributed by atoms with Crippen LogP contribution in [0.25, 0.3) is 0 Å². The molecule has 2 atom stereocenters. The highest BCUT2D eigenvalue weighted by atomic mass is 16.7. The smallest absolute Gasteiger partial charge is 0.361 e. The van der Waals surface area contributed by atoms with Gasteiger partial charge in [-0.15, -0.1) is 0 Å². The minimum atomic E-state index is -1.53. The number of carbonyl (C=O) groups excluding carboxylic acids is 2. The highest BCUT2D eigenvalue weighted by Gasteiger charge is 2.25. The maximum absolute atomic E-state index is 12.9. The molecule has 0 amide bonds. The average Bonchev–Trinajstić information content (AvgIpc) is 3.64. The molecule has 0 aliphatic rings. The fourth-order valence-electron chi connectivity index (χ4n) is 9.15. The molecular weight excluding hydrogens is 1100 g/mol. The SMILES string of the molecule is CC/C=C\C/C=C\C/C=C\C/C=C\C/C=C\C/C=C\C/C=C\C/C=C\CCCCCCCCC(=O)OC(COC(=O)CCCCCCCCCCCCCCCC/C=C\C/C=C\C/C=C\C/C=C\C/C=C\C/C=C\CC)COC(OCC[N+](C)(C)C)C(=O)O. The number of quaternary nitrogens is 1. The molecule has 0 saturated heterocycles. The fraction of sp³-hybridized carbons (Fsp3) is 0.613. The summed E-state index contributed by atoms with van der Waals surface area (Å²) in [6.07, 6.45) is 100. The van der Waals surface area contributed by atoms with Crippen molar-refractivity contribution in [2.45, 2.75) is 270 Å². The summed E-state index contributed by atoms with van der Waals surface area (Å²) in [5.74, 6) is -2.04. The van der Waals surface area contributed by atoms with Crippen LogP contribution in [0.1, 0.15) is 258 Å². The first-order valence-electron chi connectivity index (χ1n) is 35.3. The Kier molecular flexibility index (Phi) is 64.4. The van der Waals surface area contributed by atoms with Gasteiger partial charge in [0.25, 0.3) is 6.29 Å². The number of carboxylic acid groups (broad SMARTS) is 1. The van der Waals surface area contributed by atoms with Gasteiger partial charge in [-0.3, -0.25) is 9.59 Å². The lowest BCUT2D eigenvalue weighted by atomic mass is 10.0. The first-order valence-corrected chi connectivity index (χ1v) is 35.3. The van der Waals surface area contributed by atoms with Crippen molar-refractivity contribution in [3.05, 3.63) is 170 Å². The molecule has 0 spiro atoms. The van der Waals surface area contributed by atoms with Gasteiger partial charge in [0, 0.05) is 12.8 Å². The largest absolute Gasteiger partial charge is 0.477 e. The van der Waals surface area contributed by atoms with Gasteiger partial charge in [0.15, 0.2) is 6.10 Å². The summed E-state index contributed by atoms with van der Waals surface area (Å²) in [6.45, 7) is 4.62. The molecule has 9 nitrogen and oxygen atoms in total. The molecular formula is C80H130NO8+. The lowest BCUT2D eigenvalue weighted by molar-refractivity contribution is -0.870. The first-order chi connectivity index (χ1) is 43.6. The topological polar surface area (TPSA) is 108 Å². The van der Waals surface area contributed by atoms with E-state index in [1.165, 1.54) is 77.0 Å². The van der Waals surface area contributed by atoms with E-state index < -0.39 is 24.3 Å². The minimum Gasteiger partial charge on any atom is -0.477 e. The van der Waals surface area contributed by atoms with E-state index in [1.807, 2.05) is 21.1 Å². The van der Waals surface area contributed by atoms with Crippen LogP contribution >= 0.6 is 0 Å². The van der Waals surface area contributed by atoms with Gasteiger partial charge < -0.3 is 28.5 Å². The van der Waals surface area contributed by atoms with Crippen LogP contribution in [0.4, 0.5) is 0 Å². The van der Waals surface area contributed by atoms with Crippen molar-refractivity contribution in [1.29, 1.82) is 0 Å². The van der Waals surface area contributed by atoms with Crippen LogP contribution in [-0.2, 0) is 33.3 Å². The summed E-state index contributed by atoms with van der Waals surface area (Å²) in [4.78, 5) is 37.7. The van der Waals surface area contributed by atoms with Gasteiger partial charge in [-0.05, 0) is 128 Å². The molecule has 0 aromatic rings. The maximum atomic E-state index is 12.9. The fourth-order valence-corrected chi connectivity index (χ4v) is 9.15. The molecule has 0 heterocycles. The summed E-state index contributed by atoms with van der Waals surface area (Å²) in [5.41, 5.74) is 0. The van der Waals surface area contributed by atoms with Crippen molar-refractivity contribution < 1.29 is 42.9 Å². The average molecular weight is 1230 g/mol. The third kappa shape index (κ3) is 70.0. The number of hydrogen-bond donors (Lipinski definition) is 1. The van der Waals surface area contributed by atoms with Gasteiger partial charge in [0.05, 0.1) is 34.4 Å². The number of esters is 2. The number of likely N-dealkylation sites (N-methyl/N-ethyl adjacent to an activating group) is 1. The van der Waals surface area contributed by atoms with Crippen molar-refractivity contribution in [2.24, 2.45) is 0 Å². The van der Waals surface area contributed by atoms with Crippen molar-refractivity contribution in [3.8, 4) is 0 Å². The molecule has 9 heteroatoms. The van der Waals surface area contributed by atoms with Crippen molar-refractivity contribution in [3.63, 3.8) is 0 Å². The zero-order chi connectivity index (χ0) is 64.7. The second kappa shape index (κ2) is 68.6. The Bertz CT molecular complexity index is 2070. The normalized spacial score (nSPS) is 13.8. The lowest BCUT2D eigenvalue weighted by Gasteiger charge is -2.25. The molecule has 0 rings (SSSR count). The summed E-state index contributed by atoms with van der Waals surface area (Å²) in [6, 6.07) is 0. The molecule has 1 N–H and O–H groups in total. The Hall–Kier alpha value is -5.35. The predicted molar refractivity (Wildman–Crippen MR) is 382 cm³/mol. The van der Waals surface area contributed by atoms with E-state index in [0.29, 0.717) is 17.4 Å². The molecule has 0 radical (unpaired) electrons. The highest BCUT2D eigenvalue weighted by Crippen LogP contribution is 2.16. The molecule has 2 unspecified atom stereocenters. The zero-order valence-electron chi connectivity index (χ0n) is 57.3. The van der Waals surface area contributed by atoms with E-state index >= 15 is 0 Å². The highest BCUT2D eigenvalue weighted by molar-refractivity contribution is 5.71. The monoisotopic (exact) mass is 1230 g/mol. The molecule has 0 aromatic carbocycles. The van der Waals surface area contributed by atoms with E-state index in [4.69, 9.17) is 18.9 Å². The van der Waals surface area contributed by atoms with Crippen molar-refractivity contribution >= 4 is 17.9 Å². The molecule has 0 aromatic heterocycles. The van der Waals surface area contributed by atoms with Crippen LogP contribution in [0, 0.1) is 0 Å². The molecule has 0 aliphatic heterocycles. The van der Waals surface area contributed by atoms with Gasteiger partial charge in [-0.1, -0.05) is 287 Å². The van der Waals surface area contributed by atoms with Gasteiger partial charge in [-0.2, -0.15) is 0 Å². The van der Waals surface area contributed by atoms with Crippen LogP contribution in [0.2, 0.25) is 0 Å². The number of carbonyl (C=O) groups is 3. The third-order valence-electron chi connectivity index (χ3n) is 14.5. The van der Waals surface area contributed by atoms with Gasteiger partial charge in [0.2, 0.25) is 0 Å². The molecule has 0 saturated carbocycles. The van der Waals surface area contributed by atoms with Crippen LogP contribution in [0.15, 0.2) is 170 Å². The van der Waals surface area contributed by atoms with Crippen molar-refractivity contribution in [1.82, 2.24) is 0 Å². The molecule has 0 fully saturated rings. The number of aliphatic carboxylic acids is 1. The summed E-state index contributed by atoms with van der Waals surface area (Å²) in [7, 11) is 5.96. The Morgan fingerprint density at radius 1 is 0.337 bits per heavy atom. The van der Waals surface area contributed by atoms with Crippen LogP contribution in [0.5, 0.6) is 0 Å². The molecule has 89 heavy (non-hydrogen) atoms. The number of ether oxygens (including phenoxy) is 4. The number of carboxylic acids is 1. The summed E-state index contributed by atoms with van der Waals surface area (Å²) < 4.78 is 23.0. The van der Waals surface area contributed by atoms with Crippen LogP contribution in [-0.4, -0.2) is 87.4 Å². The number of allylic oxidation sites excluding steroid dienone is 28. The third-order valence-corrected chi connectivity index (χ3v) is 14.5. The second-order valence-corrected chi connectivity index (χ2v) is 24.1. The Labute approximate surface area is 546 Å². The quantitative estimate of drug-likeness (QED) is 0.0211. The predicted octanol–water partition coefficient (Wildman–Crippen LogP) is 22.2. The van der Waals surface area contributed by atoms with Gasteiger partial charge >= 0.3 is 17.9 Å². The van der Waals surface area contributed by atoms with Crippen LogP contribution < -0.4 is 0 Å². The Morgan fingerprint density at radius 3 is 0.899 bits per heavy atom. The minimum absolute atomic E-state index is 0.176.